The molecule has 2 unspecified atom stereocenters. The molecule has 0 aromatic heterocycles. The SMILES string of the molecule is CC([CH]C1CCNCC1)C1CCCCN1. The zero-order valence-electron chi connectivity index (χ0n) is 9.97. The largest absolute Gasteiger partial charge is 0.317 e. The first-order valence-electron chi connectivity index (χ1n) is 6.65. The van der Waals surface area contributed by atoms with Crippen molar-refractivity contribution in [2.75, 3.05) is 19.6 Å². The van der Waals surface area contributed by atoms with Gasteiger partial charge in [0.1, 0.15) is 0 Å². The van der Waals surface area contributed by atoms with Crippen LogP contribution in [-0.2, 0) is 0 Å². The van der Waals surface area contributed by atoms with Crippen LogP contribution < -0.4 is 10.6 Å². The van der Waals surface area contributed by atoms with E-state index in [9.17, 15) is 0 Å². The average molecular weight is 209 g/mol. The summed E-state index contributed by atoms with van der Waals surface area (Å²) in [4.78, 5) is 0. The summed E-state index contributed by atoms with van der Waals surface area (Å²) in [5, 5.41) is 7.09. The molecule has 87 valence electrons. The molecule has 2 heterocycles. The van der Waals surface area contributed by atoms with E-state index in [1.54, 1.807) is 0 Å². The van der Waals surface area contributed by atoms with Crippen molar-refractivity contribution in [3.63, 3.8) is 0 Å². The lowest BCUT2D eigenvalue weighted by Crippen LogP contribution is -2.40. The van der Waals surface area contributed by atoms with Crippen molar-refractivity contribution >= 4 is 0 Å². The predicted molar refractivity (Wildman–Crippen MR) is 64.7 cm³/mol. The molecule has 2 aliphatic rings. The fourth-order valence-corrected chi connectivity index (χ4v) is 2.93. The van der Waals surface area contributed by atoms with Crippen LogP contribution in [0.5, 0.6) is 0 Å². The second kappa shape index (κ2) is 5.86. The van der Waals surface area contributed by atoms with Gasteiger partial charge in [-0.3, -0.25) is 0 Å². The summed E-state index contributed by atoms with van der Waals surface area (Å²) >= 11 is 0. The van der Waals surface area contributed by atoms with Crippen molar-refractivity contribution in [2.24, 2.45) is 11.8 Å². The summed E-state index contributed by atoms with van der Waals surface area (Å²) in [6, 6.07) is 0.758. The Bertz CT molecular complexity index is 169. The first kappa shape index (κ1) is 11.4. The first-order valence-corrected chi connectivity index (χ1v) is 6.65. The van der Waals surface area contributed by atoms with Crippen LogP contribution in [0.4, 0.5) is 0 Å². The van der Waals surface area contributed by atoms with Gasteiger partial charge in [-0.2, -0.15) is 0 Å². The summed E-state index contributed by atoms with van der Waals surface area (Å²) < 4.78 is 0. The zero-order valence-corrected chi connectivity index (χ0v) is 9.97. The van der Waals surface area contributed by atoms with Crippen LogP contribution in [0, 0.1) is 18.3 Å². The molecule has 0 aromatic carbocycles. The molecule has 2 aliphatic heterocycles. The second-order valence-electron chi connectivity index (χ2n) is 5.20. The predicted octanol–water partition coefficient (Wildman–Crippen LogP) is 1.97. The molecule has 0 bridgehead atoms. The number of hydrogen-bond donors (Lipinski definition) is 2. The molecule has 2 nitrogen and oxygen atoms in total. The Morgan fingerprint density at radius 1 is 1.07 bits per heavy atom. The van der Waals surface area contributed by atoms with Gasteiger partial charge in [-0.05, 0) is 63.6 Å². The van der Waals surface area contributed by atoms with Gasteiger partial charge in [0.15, 0.2) is 0 Å². The van der Waals surface area contributed by atoms with Gasteiger partial charge in [-0.15, -0.1) is 0 Å². The highest BCUT2D eigenvalue weighted by molar-refractivity contribution is 4.91. The van der Waals surface area contributed by atoms with Crippen molar-refractivity contribution in [1.82, 2.24) is 10.6 Å². The molecule has 0 saturated carbocycles. The van der Waals surface area contributed by atoms with Crippen molar-refractivity contribution in [3.8, 4) is 0 Å². The highest BCUT2D eigenvalue weighted by atomic mass is 14.9. The van der Waals surface area contributed by atoms with Gasteiger partial charge in [0.2, 0.25) is 0 Å². The molecular formula is C13H25N2. The van der Waals surface area contributed by atoms with Crippen LogP contribution in [-0.4, -0.2) is 25.7 Å². The molecule has 2 fully saturated rings. The Kier molecular flexibility index (Phi) is 4.45. The average Bonchev–Trinajstić information content (AvgIpc) is 2.31. The van der Waals surface area contributed by atoms with Crippen LogP contribution in [0.1, 0.15) is 39.0 Å². The molecule has 15 heavy (non-hydrogen) atoms. The maximum absolute atomic E-state index is 3.66. The zero-order chi connectivity index (χ0) is 10.5. The third-order valence-corrected chi connectivity index (χ3v) is 3.94. The van der Waals surface area contributed by atoms with E-state index in [2.05, 4.69) is 24.0 Å². The first-order chi connectivity index (χ1) is 7.36. The number of piperidine rings is 2. The summed E-state index contributed by atoms with van der Waals surface area (Å²) in [6.07, 6.45) is 9.47. The molecule has 2 rings (SSSR count). The van der Waals surface area contributed by atoms with Crippen LogP contribution in [0.15, 0.2) is 0 Å². The van der Waals surface area contributed by atoms with Gasteiger partial charge >= 0.3 is 0 Å². The maximum atomic E-state index is 3.66. The fraction of sp³-hybridized carbons (Fsp3) is 0.923. The quantitative estimate of drug-likeness (QED) is 0.742. The lowest BCUT2D eigenvalue weighted by atomic mass is 9.83. The van der Waals surface area contributed by atoms with Crippen LogP contribution in [0.25, 0.3) is 0 Å². The number of rotatable bonds is 3. The second-order valence-corrected chi connectivity index (χ2v) is 5.20. The normalized spacial score (nSPS) is 31.4. The van der Waals surface area contributed by atoms with Crippen LogP contribution in [0.2, 0.25) is 0 Å². The van der Waals surface area contributed by atoms with Gasteiger partial charge < -0.3 is 10.6 Å². The van der Waals surface area contributed by atoms with Gasteiger partial charge in [-0.1, -0.05) is 13.3 Å². The van der Waals surface area contributed by atoms with E-state index in [-0.39, 0.29) is 0 Å². The van der Waals surface area contributed by atoms with Crippen molar-refractivity contribution in [2.45, 2.75) is 45.1 Å². The van der Waals surface area contributed by atoms with Gasteiger partial charge in [0, 0.05) is 6.04 Å². The molecular weight excluding hydrogens is 184 g/mol. The topological polar surface area (TPSA) is 24.1 Å². The highest BCUT2D eigenvalue weighted by Crippen LogP contribution is 2.24. The monoisotopic (exact) mass is 209 g/mol. The number of hydrogen-bond acceptors (Lipinski definition) is 2. The fourth-order valence-electron chi connectivity index (χ4n) is 2.93. The summed E-state index contributed by atoms with van der Waals surface area (Å²) in [5.41, 5.74) is 0. The van der Waals surface area contributed by atoms with E-state index in [0.717, 1.165) is 17.9 Å². The summed E-state index contributed by atoms with van der Waals surface area (Å²) in [7, 11) is 0. The Hall–Kier alpha value is -0.0800. The molecule has 0 aliphatic carbocycles. The maximum Gasteiger partial charge on any atom is 0.00955 e. The minimum Gasteiger partial charge on any atom is -0.317 e. The minimum absolute atomic E-state index is 0.758. The molecule has 0 aromatic rings. The molecule has 2 N–H and O–H groups in total. The van der Waals surface area contributed by atoms with E-state index in [0.29, 0.717) is 0 Å². The van der Waals surface area contributed by atoms with Crippen molar-refractivity contribution in [1.29, 1.82) is 0 Å². The van der Waals surface area contributed by atoms with Crippen LogP contribution in [0.3, 0.4) is 0 Å². The Balaban J connectivity index is 1.72. The van der Waals surface area contributed by atoms with E-state index in [4.69, 9.17) is 0 Å². The molecule has 2 saturated heterocycles. The third kappa shape index (κ3) is 3.46. The smallest absolute Gasteiger partial charge is 0.00955 e. The Labute approximate surface area is 94.2 Å². The van der Waals surface area contributed by atoms with Crippen LogP contribution >= 0.6 is 0 Å². The van der Waals surface area contributed by atoms with E-state index >= 15 is 0 Å². The highest BCUT2D eigenvalue weighted by Gasteiger charge is 2.23. The molecule has 2 atom stereocenters. The van der Waals surface area contributed by atoms with Gasteiger partial charge in [0.25, 0.3) is 0 Å². The van der Waals surface area contributed by atoms with Crippen molar-refractivity contribution < 1.29 is 0 Å². The minimum atomic E-state index is 0.758. The molecule has 0 spiro atoms. The van der Waals surface area contributed by atoms with E-state index < -0.39 is 0 Å². The van der Waals surface area contributed by atoms with Gasteiger partial charge in [-0.25, -0.2) is 0 Å². The standard InChI is InChI=1S/C13H25N2/c1-11(13-4-2-3-7-15-13)10-12-5-8-14-9-6-12/h10-15H,2-9H2,1H3. The van der Waals surface area contributed by atoms with Crippen molar-refractivity contribution in [3.05, 3.63) is 6.42 Å². The molecule has 2 heteroatoms. The lowest BCUT2D eigenvalue weighted by molar-refractivity contribution is 0.299. The Morgan fingerprint density at radius 3 is 2.53 bits per heavy atom. The van der Waals surface area contributed by atoms with Gasteiger partial charge in [0.05, 0.1) is 0 Å². The summed E-state index contributed by atoms with van der Waals surface area (Å²) in [6.45, 7) is 6.05. The number of nitrogens with one attached hydrogen (secondary N) is 2. The van der Waals surface area contributed by atoms with E-state index in [1.165, 1.54) is 51.7 Å². The van der Waals surface area contributed by atoms with E-state index in [1.807, 2.05) is 0 Å². The Morgan fingerprint density at radius 2 is 1.87 bits per heavy atom. The third-order valence-electron chi connectivity index (χ3n) is 3.94. The lowest BCUT2D eigenvalue weighted by Gasteiger charge is -2.32. The summed E-state index contributed by atoms with van der Waals surface area (Å²) in [5.74, 6) is 1.62. The molecule has 0 amide bonds. The molecule has 1 radical (unpaired) electrons.